The normalized spacial score (nSPS) is 10.4. The summed E-state index contributed by atoms with van der Waals surface area (Å²) in [6.07, 6.45) is 0. The molecule has 2 heterocycles. The predicted molar refractivity (Wildman–Crippen MR) is 62.0 cm³/mol. The first-order chi connectivity index (χ1) is 7.72. The Hall–Kier alpha value is -1.56. The summed E-state index contributed by atoms with van der Waals surface area (Å²) in [5, 5.41) is 4.70. The van der Waals surface area contributed by atoms with Gasteiger partial charge in [-0.3, -0.25) is 0 Å². The minimum absolute atomic E-state index is 0.234. The largest absolute Gasteiger partial charge is 0.368 e. The van der Waals surface area contributed by atoms with Crippen LogP contribution in [0, 0.1) is 12.7 Å². The third-order valence-electron chi connectivity index (χ3n) is 2.02. The van der Waals surface area contributed by atoms with Crippen molar-refractivity contribution in [1.82, 2.24) is 15.0 Å². The molecule has 0 unspecified atom stereocenters. The molecule has 2 aromatic heterocycles. The van der Waals surface area contributed by atoms with Gasteiger partial charge in [-0.15, -0.1) is 11.3 Å². The first-order valence-corrected chi connectivity index (χ1v) is 5.83. The van der Waals surface area contributed by atoms with E-state index in [9.17, 15) is 4.39 Å². The van der Waals surface area contributed by atoms with E-state index in [1.807, 2.05) is 12.3 Å². The van der Waals surface area contributed by atoms with Gasteiger partial charge < -0.3 is 5.32 Å². The fourth-order valence-corrected chi connectivity index (χ4v) is 1.81. The van der Waals surface area contributed by atoms with Crippen molar-refractivity contribution in [3.8, 4) is 11.5 Å². The molecule has 0 fully saturated rings. The number of aryl methyl sites for hydroxylation is 1. The number of thiazole rings is 1. The van der Waals surface area contributed by atoms with Crippen molar-refractivity contribution in [3.05, 3.63) is 22.4 Å². The molecular weight excluding hydrogens is 227 g/mol. The van der Waals surface area contributed by atoms with E-state index in [0.717, 1.165) is 0 Å². The van der Waals surface area contributed by atoms with Crippen molar-refractivity contribution in [2.45, 2.75) is 13.8 Å². The Bertz CT molecular complexity index is 484. The molecule has 0 atom stereocenters. The fraction of sp³-hybridized carbons (Fsp3) is 0.300. The molecule has 0 bridgehead atoms. The molecule has 0 saturated heterocycles. The minimum atomic E-state index is -0.402. The summed E-state index contributed by atoms with van der Waals surface area (Å²) < 4.78 is 13.6. The number of halogens is 1. The molecule has 0 aliphatic rings. The molecular formula is C10H11FN4S. The summed E-state index contributed by atoms with van der Waals surface area (Å²) in [5.74, 6) is 0.287. The van der Waals surface area contributed by atoms with E-state index < -0.39 is 5.82 Å². The monoisotopic (exact) mass is 238 g/mol. The van der Waals surface area contributed by atoms with Crippen LogP contribution in [0.4, 0.5) is 10.2 Å². The number of nitrogens with one attached hydrogen (secondary N) is 1. The van der Waals surface area contributed by atoms with Crippen molar-refractivity contribution in [1.29, 1.82) is 0 Å². The van der Waals surface area contributed by atoms with Crippen LogP contribution < -0.4 is 5.32 Å². The number of hydrogen-bond acceptors (Lipinski definition) is 5. The molecule has 0 amide bonds. The van der Waals surface area contributed by atoms with Crippen molar-refractivity contribution in [2.75, 3.05) is 11.9 Å². The van der Waals surface area contributed by atoms with Gasteiger partial charge in [0, 0.05) is 11.9 Å². The van der Waals surface area contributed by atoms with Crippen LogP contribution >= 0.6 is 11.3 Å². The number of hydrogen-bond donors (Lipinski definition) is 1. The number of anilines is 1. The van der Waals surface area contributed by atoms with Crippen molar-refractivity contribution >= 4 is 17.2 Å². The van der Waals surface area contributed by atoms with E-state index in [1.165, 1.54) is 11.3 Å². The Balaban J connectivity index is 2.48. The van der Waals surface area contributed by atoms with Crippen molar-refractivity contribution < 1.29 is 4.39 Å². The lowest BCUT2D eigenvalue weighted by molar-refractivity contribution is 0.606. The van der Waals surface area contributed by atoms with Gasteiger partial charge in [0.1, 0.15) is 5.69 Å². The molecule has 4 nitrogen and oxygen atoms in total. The van der Waals surface area contributed by atoms with Gasteiger partial charge in [-0.05, 0) is 13.8 Å². The average molecular weight is 238 g/mol. The van der Waals surface area contributed by atoms with Gasteiger partial charge >= 0.3 is 0 Å². The Morgan fingerprint density at radius 1 is 1.44 bits per heavy atom. The lowest BCUT2D eigenvalue weighted by Gasteiger charge is -2.07. The smallest absolute Gasteiger partial charge is 0.186 e. The first kappa shape index (κ1) is 10.9. The highest BCUT2D eigenvalue weighted by molar-refractivity contribution is 7.07. The summed E-state index contributed by atoms with van der Waals surface area (Å²) in [6.45, 7) is 4.12. The number of nitrogens with zero attached hydrogens (tertiary/aromatic N) is 3. The molecule has 84 valence electrons. The van der Waals surface area contributed by atoms with E-state index in [0.29, 0.717) is 23.8 Å². The van der Waals surface area contributed by atoms with Gasteiger partial charge in [0.05, 0.1) is 11.2 Å². The van der Waals surface area contributed by atoms with Gasteiger partial charge in [-0.25, -0.2) is 19.3 Å². The van der Waals surface area contributed by atoms with Crippen LogP contribution in [0.5, 0.6) is 0 Å². The maximum atomic E-state index is 13.6. The van der Waals surface area contributed by atoms with Crippen LogP contribution in [0.2, 0.25) is 0 Å². The Labute approximate surface area is 96.6 Å². The van der Waals surface area contributed by atoms with Gasteiger partial charge in [0.15, 0.2) is 17.5 Å². The van der Waals surface area contributed by atoms with Crippen LogP contribution in [0.3, 0.4) is 0 Å². The van der Waals surface area contributed by atoms with Gasteiger partial charge in [0.25, 0.3) is 0 Å². The van der Waals surface area contributed by atoms with E-state index in [4.69, 9.17) is 0 Å². The topological polar surface area (TPSA) is 50.7 Å². The summed E-state index contributed by atoms with van der Waals surface area (Å²) >= 11 is 1.46. The van der Waals surface area contributed by atoms with Crippen LogP contribution in [0.1, 0.15) is 12.6 Å². The van der Waals surface area contributed by atoms with E-state index in [1.54, 1.807) is 12.4 Å². The number of rotatable bonds is 3. The molecule has 6 heteroatoms. The summed E-state index contributed by atoms with van der Waals surface area (Å²) in [5.41, 5.74) is 2.70. The van der Waals surface area contributed by atoms with E-state index >= 15 is 0 Å². The number of aromatic nitrogens is 3. The third kappa shape index (κ3) is 2.01. The van der Waals surface area contributed by atoms with Gasteiger partial charge in [-0.2, -0.15) is 0 Å². The zero-order valence-corrected chi connectivity index (χ0v) is 9.81. The van der Waals surface area contributed by atoms with Crippen LogP contribution in [0.15, 0.2) is 10.9 Å². The zero-order chi connectivity index (χ0) is 11.5. The SMILES string of the molecule is CCNc1nc(-c2cscn2)nc(C)c1F. The predicted octanol–water partition coefficient (Wildman–Crippen LogP) is 2.48. The molecule has 0 saturated carbocycles. The zero-order valence-electron chi connectivity index (χ0n) is 8.99. The maximum absolute atomic E-state index is 13.6. The van der Waals surface area contributed by atoms with E-state index in [2.05, 4.69) is 20.3 Å². The fourth-order valence-electron chi connectivity index (χ4n) is 1.28. The van der Waals surface area contributed by atoms with Crippen molar-refractivity contribution in [3.63, 3.8) is 0 Å². The second kappa shape index (κ2) is 4.52. The second-order valence-corrected chi connectivity index (χ2v) is 3.92. The Kier molecular flexibility index (Phi) is 3.09. The van der Waals surface area contributed by atoms with E-state index in [-0.39, 0.29) is 5.82 Å². The molecule has 2 rings (SSSR count). The van der Waals surface area contributed by atoms with Crippen LogP contribution in [0.25, 0.3) is 11.5 Å². The quantitative estimate of drug-likeness (QED) is 0.892. The first-order valence-electron chi connectivity index (χ1n) is 4.89. The third-order valence-corrected chi connectivity index (χ3v) is 2.61. The van der Waals surface area contributed by atoms with Crippen LogP contribution in [-0.2, 0) is 0 Å². The summed E-state index contributed by atoms with van der Waals surface area (Å²) in [4.78, 5) is 12.3. The highest BCUT2D eigenvalue weighted by Crippen LogP contribution is 2.20. The molecule has 0 radical (unpaired) electrons. The lowest BCUT2D eigenvalue weighted by Crippen LogP contribution is -2.06. The molecule has 0 aliphatic carbocycles. The molecule has 2 aromatic rings. The molecule has 0 aromatic carbocycles. The Morgan fingerprint density at radius 3 is 2.88 bits per heavy atom. The highest BCUT2D eigenvalue weighted by atomic mass is 32.1. The molecule has 0 aliphatic heterocycles. The highest BCUT2D eigenvalue weighted by Gasteiger charge is 2.12. The molecule has 1 N–H and O–H groups in total. The molecule has 16 heavy (non-hydrogen) atoms. The minimum Gasteiger partial charge on any atom is -0.368 e. The average Bonchev–Trinajstić information content (AvgIpc) is 2.78. The second-order valence-electron chi connectivity index (χ2n) is 3.20. The Morgan fingerprint density at radius 2 is 2.25 bits per heavy atom. The van der Waals surface area contributed by atoms with Crippen molar-refractivity contribution in [2.24, 2.45) is 0 Å². The van der Waals surface area contributed by atoms with Gasteiger partial charge in [-0.1, -0.05) is 0 Å². The summed E-state index contributed by atoms with van der Waals surface area (Å²) in [7, 11) is 0. The van der Waals surface area contributed by atoms with Gasteiger partial charge in [0.2, 0.25) is 0 Å². The summed E-state index contributed by atoms with van der Waals surface area (Å²) in [6, 6.07) is 0. The molecule has 0 spiro atoms. The maximum Gasteiger partial charge on any atom is 0.186 e. The van der Waals surface area contributed by atoms with Crippen LogP contribution in [-0.4, -0.2) is 21.5 Å². The standard InChI is InChI=1S/C10H11FN4S/c1-3-12-10-8(11)6(2)14-9(15-10)7-4-16-5-13-7/h4-5H,3H2,1-2H3,(H,12,14,15). The lowest BCUT2D eigenvalue weighted by atomic mass is 10.3.